The lowest BCUT2D eigenvalue weighted by Gasteiger charge is -2.44. The van der Waals surface area contributed by atoms with Crippen LogP contribution < -0.4 is 0 Å². The van der Waals surface area contributed by atoms with Crippen LogP contribution in [0.1, 0.15) is 51.4 Å². The molecular formula is C11H17NO. The Labute approximate surface area is 79.9 Å². The van der Waals surface area contributed by atoms with Gasteiger partial charge >= 0.3 is 0 Å². The molecule has 2 heteroatoms. The van der Waals surface area contributed by atoms with Crippen molar-refractivity contribution in [3.63, 3.8) is 0 Å². The summed E-state index contributed by atoms with van der Waals surface area (Å²) >= 11 is 0. The number of nitrogens with zero attached hydrogens (tertiary/aromatic N) is 1. The molecule has 2 aliphatic carbocycles. The minimum atomic E-state index is -0.0365. The summed E-state index contributed by atoms with van der Waals surface area (Å²) in [4.78, 5) is 0. The molecule has 0 radical (unpaired) electrons. The van der Waals surface area contributed by atoms with E-state index in [0.717, 1.165) is 12.8 Å². The molecule has 2 aliphatic rings. The van der Waals surface area contributed by atoms with Crippen molar-refractivity contribution in [1.82, 2.24) is 0 Å². The highest BCUT2D eigenvalue weighted by molar-refractivity contribution is 4.95. The van der Waals surface area contributed by atoms with Gasteiger partial charge in [0.1, 0.15) is 5.60 Å². The van der Waals surface area contributed by atoms with E-state index < -0.39 is 0 Å². The van der Waals surface area contributed by atoms with Crippen molar-refractivity contribution in [2.75, 3.05) is 0 Å². The highest BCUT2D eigenvalue weighted by Gasteiger charge is 2.44. The van der Waals surface area contributed by atoms with Crippen molar-refractivity contribution >= 4 is 0 Å². The molecule has 0 amide bonds. The van der Waals surface area contributed by atoms with Gasteiger partial charge in [-0.25, -0.2) is 0 Å². The standard InChI is InChI=1S/C11H17NO/c12-9-13-11-7-3-1-5-10(11)6-2-4-8-11/h10H,1-8H2. The zero-order chi connectivity index (χ0) is 9.15. The Hall–Kier alpha value is -0.710. The first kappa shape index (κ1) is 8.87. The van der Waals surface area contributed by atoms with Gasteiger partial charge in [0.05, 0.1) is 0 Å². The van der Waals surface area contributed by atoms with Crippen LogP contribution in [0.2, 0.25) is 0 Å². The number of ether oxygens (including phenoxy) is 1. The third-order valence-electron chi connectivity index (χ3n) is 3.80. The summed E-state index contributed by atoms with van der Waals surface area (Å²) in [6, 6.07) is 0. The van der Waals surface area contributed by atoms with Gasteiger partial charge in [0.15, 0.2) is 0 Å². The minimum Gasteiger partial charge on any atom is -0.421 e. The molecular weight excluding hydrogens is 162 g/mol. The molecule has 72 valence electrons. The predicted molar refractivity (Wildman–Crippen MR) is 49.9 cm³/mol. The van der Waals surface area contributed by atoms with Gasteiger partial charge in [-0.1, -0.05) is 12.8 Å². The molecule has 0 unspecified atom stereocenters. The van der Waals surface area contributed by atoms with Gasteiger partial charge in [-0.2, -0.15) is 5.26 Å². The Morgan fingerprint density at radius 3 is 2.23 bits per heavy atom. The van der Waals surface area contributed by atoms with Crippen LogP contribution >= 0.6 is 0 Å². The maximum Gasteiger partial charge on any atom is 0.286 e. The lowest BCUT2D eigenvalue weighted by atomic mass is 9.67. The fourth-order valence-electron chi connectivity index (χ4n) is 3.11. The van der Waals surface area contributed by atoms with Crippen LogP contribution in [0, 0.1) is 17.4 Å². The first-order valence-corrected chi connectivity index (χ1v) is 5.44. The molecule has 0 atom stereocenters. The van der Waals surface area contributed by atoms with Gasteiger partial charge in [-0.3, -0.25) is 0 Å². The molecule has 0 aromatic carbocycles. The summed E-state index contributed by atoms with van der Waals surface area (Å²) < 4.78 is 5.38. The number of nitriles is 1. The minimum absolute atomic E-state index is 0.0365. The predicted octanol–water partition coefficient (Wildman–Crippen LogP) is 2.99. The van der Waals surface area contributed by atoms with Crippen molar-refractivity contribution in [3.8, 4) is 6.26 Å². The van der Waals surface area contributed by atoms with Crippen LogP contribution in [-0.2, 0) is 4.74 Å². The van der Waals surface area contributed by atoms with Gasteiger partial charge in [-0.15, -0.1) is 0 Å². The lowest BCUT2D eigenvalue weighted by molar-refractivity contribution is -0.0756. The average molecular weight is 179 g/mol. The van der Waals surface area contributed by atoms with Crippen LogP contribution in [0.25, 0.3) is 0 Å². The van der Waals surface area contributed by atoms with E-state index in [9.17, 15) is 0 Å². The van der Waals surface area contributed by atoms with E-state index in [1.54, 1.807) is 0 Å². The monoisotopic (exact) mass is 179 g/mol. The maximum absolute atomic E-state index is 8.68. The Bertz CT molecular complexity index is 207. The summed E-state index contributed by atoms with van der Waals surface area (Å²) in [5.41, 5.74) is -0.0365. The number of hydrogen-bond acceptors (Lipinski definition) is 2. The Kier molecular flexibility index (Phi) is 2.44. The van der Waals surface area contributed by atoms with E-state index in [1.165, 1.54) is 38.5 Å². The lowest BCUT2D eigenvalue weighted by Crippen LogP contribution is -2.44. The third kappa shape index (κ3) is 1.52. The van der Waals surface area contributed by atoms with Gasteiger partial charge in [-0.05, 0) is 44.4 Å². The molecule has 0 heterocycles. The zero-order valence-electron chi connectivity index (χ0n) is 8.09. The fourth-order valence-corrected chi connectivity index (χ4v) is 3.11. The topological polar surface area (TPSA) is 33.0 Å². The first-order valence-electron chi connectivity index (χ1n) is 5.44. The fraction of sp³-hybridized carbons (Fsp3) is 0.909. The second kappa shape index (κ2) is 3.57. The molecule has 0 saturated heterocycles. The van der Waals surface area contributed by atoms with E-state index in [-0.39, 0.29) is 5.60 Å². The van der Waals surface area contributed by atoms with Crippen molar-refractivity contribution in [2.24, 2.45) is 5.92 Å². The molecule has 0 N–H and O–H groups in total. The van der Waals surface area contributed by atoms with Crippen LogP contribution in [0.4, 0.5) is 0 Å². The smallest absolute Gasteiger partial charge is 0.286 e. The SMILES string of the molecule is N#COC12CCCCC1CCCC2. The van der Waals surface area contributed by atoms with Crippen molar-refractivity contribution in [3.05, 3.63) is 0 Å². The Morgan fingerprint density at radius 2 is 1.69 bits per heavy atom. The van der Waals surface area contributed by atoms with Gasteiger partial charge in [0.25, 0.3) is 6.26 Å². The molecule has 0 aliphatic heterocycles. The van der Waals surface area contributed by atoms with Crippen molar-refractivity contribution in [2.45, 2.75) is 57.0 Å². The molecule has 0 aromatic heterocycles. The normalized spacial score (nSPS) is 38.8. The van der Waals surface area contributed by atoms with Crippen molar-refractivity contribution in [1.29, 1.82) is 5.26 Å². The van der Waals surface area contributed by atoms with Crippen molar-refractivity contribution < 1.29 is 4.74 Å². The van der Waals surface area contributed by atoms with Crippen LogP contribution in [-0.4, -0.2) is 5.60 Å². The molecule has 0 spiro atoms. The summed E-state index contributed by atoms with van der Waals surface area (Å²) in [6.07, 6.45) is 11.9. The van der Waals surface area contributed by atoms with Gasteiger partial charge in [0, 0.05) is 0 Å². The van der Waals surface area contributed by atoms with Gasteiger partial charge in [0.2, 0.25) is 0 Å². The number of rotatable bonds is 1. The zero-order valence-corrected chi connectivity index (χ0v) is 8.09. The molecule has 2 rings (SSSR count). The van der Waals surface area contributed by atoms with Crippen LogP contribution in [0.15, 0.2) is 0 Å². The van der Waals surface area contributed by atoms with E-state index in [4.69, 9.17) is 10.00 Å². The second-order valence-corrected chi connectivity index (χ2v) is 4.45. The Morgan fingerprint density at radius 1 is 1.08 bits per heavy atom. The van der Waals surface area contributed by atoms with E-state index >= 15 is 0 Å². The summed E-state index contributed by atoms with van der Waals surface area (Å²) in [7, 11) is 0. The molecule has 2 saturated carbocycles. The van der Waals surface area contributed by atoms with Gasteiger partial charge < -0.3 is 4.74 Å². The Balaban J connectivity index is 2.12. The third-order valence-corrected chi connectivity index (χ3v) is 3.80. The summed E-state index contributed by atoms with van der Waals surface area (Å²) in [5.74, 6) is 0.676. The quantitative estimate of drug-likeness (QED) is 0.580. The highest BCUT2D eigenvalue weighted by atomic mass is 16.5. The summed E-state index contributed by atoms with van der Waals surface area (Å²) in [5, 5.41) is 8.68. The summed E-state index contributed by atoms with van der Waals surface area (Å²) in [6.45, 7) is 0. The second-order valence-electron chi connectivity index (χ2n) is 4.45. The van der Waals surface area contributed by atoms with E-state index in [0.29, 0.717) is 5.92 Å². The van der Waals surface area contributed by atoms with E-state index in [2.05, 4.69) is 0 Å². The molecule has 2 nitrogen and oxygen atoms in total. The van der Waals surface area contributed by atoms with Crippen LogP contribution in [0.3, 0.4) is 0 Å². The van der Waals surface area contributed by atoms with Crippen LogP contribution in [0.5, 0.6) is 0 Å². The average Bonchev–Trinajstić information content (AvgIpc) is 2.18. The molecule has 13 heavy (non-hydrogen) atoms. The first-order chi connectivity index (χ1) is 6.37. The number of fused-ring (bicyclic) bond motifs is 1. The van der Waals surface area contributed by atoms with E-state index in [1.807, 2.05) is 6.26 Å². The molecule has 2 fully saturated rings. The largest absolute Gasteiger partial charge is 0.421 e. The molecule has 0 aromatic rings. The number of hydrogen-bond donors (Lipinski definition) is 0. The highest BCUT2D eigenvalue weighted by Crippen LogP contribution is 2.46. The maximum atomic E-state index is 8.68. The molecule has 0 bridgehead atoms.